The van der Waals surface area contributed by atoms with Crippen LogP contribution in [0.25, 0.3) is 0 Å². The minimum Gasteiger partial charge on any atom is -0.478 e. The molecule has 0 spiro atoms. The zero-order valence-electron chi connectivity index (χ0n) is 12.5. The van der Waals surface area contributed by atoms with Crippen LogP contribution >= 0.6 is 0 Å². The van der Waals surface area contributed by atoms with Gasteiger partial charge in [0.05, 0.1) is 5.56 Å². The Bertz CT molecular complexity index is 774. The van der Waals surface area contributed by atoms with Gasteiger partial charge in [-0.05, 0) is 35.9 Å². The highest BCUT2D eigenvalue weighted by molar-refractivity contribution is 5.97. The van der Waals surface area contributed by atoms with E-state index in [4.69, 9.17) is 10.8 Å². The fourth-order valence-corrected chi connectivity index (χ4v) is 2.11. The minimum atomic E-state index is -1.06. The van der Waals surface area contributed by atoms with Crippen LogP contribution in [0.15, 0.2) is 48.5 Å². The number of carbonyl (C=O) groups excluding carboxylic acids is 2. The van der Waals surface area contributed by atoms with Gasteiger partial charge in [-0.25, -0.2) is 9.18 Å². The third-order valence-electron chi connectivity index (χ3n) is 3.38. The molecule has 0 fully saturated rings. The Morgan fingerprint density at radius 1 is 1.08 bits per heavy atom. The summed E-state index contributed by atoms with van der Waals surface area (Å²) in [6.07, 6.45) is 0.0935. The first kappa shape index (κ1) is 17.1. The van der Waals surface area contributed by atoms with Crippen LogP contribution in [0.2, 0.25) is 0 Å². The number of hydrogen-bond donors (Lipinski definition) is 3. The van der Waals surface area contributed by atoms with Crippen LogP contribution in [0.4, 0.5) is 4.39 Å². The monoisotopic (exact) mass is 330 g/mol. The molecule has 0 bridgehead atoms. The van der Waals surface area contributed by atoms with Gasteiger partial charge >= 0.3 is 5.97 Å². The Kier molecular flexibility index (Phi) is 5.26. The predicted octanol–water partition coefficient (Wildman–Crippen LogP) is 1.35. The highest BCUT2D eigenvalue weighted by Crippen LogP contribution is 2.09. The second kappa shape index (κ2) is 7.36. The third-order valence-corrected chi connectivity index (χ3v) is 3.38. The Hall–Kier alpha value is -3.22. The molecule has 0 unspecified atom stereocenters. The number of rotatable bonds is 6. The Labute approximate surface area is 137 Å². The highest BCUT2D eigenvalue weighted by Gasteiger charge is 2.20. The van der Waals surface area contributed by atoms with E-state index >= 15 is 0 Å². The molecule has 4 N–H and O–H groups in total. The van der Waals surface area contributed by atoms with Gasteiger partial charge in [0, 0.05) is 12.0 Å². The predicted molar refractivity (Wildman–Crippen MR) is 84.0 cm³/mol. The maximum atomic E-state index is 13.2. The zero-order valence-corrected chi connectivity index (χ0v) is 12.5. The summed E-state index contributed by atoms with van der Waals surface area (Å²) in [6.45, 7) is 0. The average Bonchev–Trinajstić information content (AvgIpc) is 2.54. The molecule has 0 saturated heterocycles. The van der Waals surface area contributed by atoms with Crippen molar-refractivity contribution in [3.8, 4) is 0 Å². The molecule has 2 aromatic rings. The van der Waals surface area contributed by atoms with Gasteiger partial charge in [-0.3, -0.25) is 9.59 Å². The van der Waals surface area contributed by atoms with Crippen molar-refractivity contribution in [2.24, 2.45) is 5.73 Å². The molecule has 0 heterocycles. The van der Waals surface area contributed by atoms with E-state index in [1.54, 1.807) is 0 Å². The number of primary amides is 1. The van der Waals surface area contributed by atoms with E-state index in [0.717, 1.165) is 6.07 Å². The number of hydrogen-bond acceptors (Lipinski definition) is 3. The van der Waals surface area contributed by atoms with Gasteiger partial charge in [0.1, 0.15) is 11.9 Å². The van der Waals surface area contributed by atoms with E-state index in [1.165, 1.54) is 42.5 Å². The molecule has 24 heavy (non-hydrogen) atoms. The van der Waals surface area contributed by atoms with Gasteiger partial charge < -0.3 is 16.2 Å². The lowest BCUT2D eigenvalue weighted by Gasteiger charge is -2.16. The maximum Gasteiger partial charge on any atom is 0.335 e. The average molecular weight is 330 g/mol. The highest BCUT2D eigenvalue weighted by atomic mass is 19.1. The Balaban J connectivity index is 2.10. The van der Waals surface area contributed by atoms with Crippen LogP contribution in [-0.4, -0.2) is 28.9 Å². The molecule has 0 radical (unpaired) electrons. The Morgan fingerprint density at radius 3 is 2.29 bits per heavy atom. The number of halogens is 1. The van der Waals surface area contributed by atoms with Gasteiger partial charge in [0.2, 0.25) is 5.91 Å². The smallest absolute Gasteiger partial charge is 0.335 e. The first-order valence-corrected chi connectivity index (χ1v) is 7.05. The number of carboxylic acids is 1. The molecule has 0 aliphatic rings. The van der Waals surface area contributed by atoms with Crippen molar-refractivity contribution in [2.45, 2.75) is 12.5 Å². The number of carbonyl (C=O) groups is 3. The molecule has 1 atom stereocenters. The molecule has 0 aliphatic carbocycles. The van der Waals surface area contributed by atoms with Gasteiger partial charge in [-0.15, -0.1) is 0 Å². The van der Waals surface area contributed by atoms with Crippen molar-refractivity contribution in [3.05, 3.63) is 71.0 Å². The molecule has 0 saturated carbocycles. The van der Waals surface area contributed by atoms with E-state index < -0.39 is 29.6 Å². The lowest BCUT2D eigenvalue weighted by molar-refractivity contribution is -0.119. The summed E-state index contributed by atoms with van der Waals surface area (Å²) in [6, 6.07) is 9.90. The molecule has 124 valence electrons. The summed E-state index contributed by atoms with van der Waals surface area (Å²) < 4.78 is 13.2. The molecule has 2 amide bonds. The van der Waals surface area contributed by atoms with Crippen LogP contribution in [-0.2, 0) is 11.2 Å². The number of nitrogens with one attached hydrogen (secondary N) is 1. The molecule has 6 nitrogen and oxygen atoms in total. The Morgan fingerprint density at radius 2 is 1.75 bits per heavy atom. The second-order valence-corrected chi connectivity index (χ2v) is 5.14. The largest absolute Gasteiger partial charge is 0.478 e. The van der Waals surface area contributed by atoms with E-state index in [9.17, 15) is 18.8 Å². The van der Waals surface area contributed by atoms with E-state index in [2.05, 4.69) is 5.32 Å². The summed E-state index contributed by atoms with van der Waals surface area (Å²) in [7, 11) is 0. The molecule has 2 aromatic carbocycles. The van der Waals surface area contributed by atoms with Crippen LogP contribution in [0, 0.1) is 5.82 Å². The topological polar surface area (TPSA) is 109 Å². The maximum absolute atomic E-state index is 13.2. The molecule has 7 heteroatoms. The third kappa shape index (κ3) is 4.39. The summed E-state index contributed by atoms with van der Waals surface area (Å²) in [5.41, 5.74) is 6.11. The van der Waals surface area contributed by atoms with Crippen molar-refractivity contribution in [3.63, 3.8) is 0 Å². The van der Waals surface area contributed by atoms with Gasteiger partial charge in [-0.2, -0.15) is 0 Å². The van der Waals surface area contributed by atoms with E-state index in [-0.39, 0.29) is 17.5 Å². The normalized spacial score (nSPS) is 11.5. The molecule has 2 rings (SSSR count). The molecular formula is C17H15FN2O4. The summed E-state index contributed by atoms with van der Waals surface area (Å²) in [5, 5.41) is 11.3. The summed E-state index contributed by atoms with van der Waals surface area (Å²) in [5.74, 6) is -3.00. The molecular weight excluding hydrogens is 315 g/mol. The van der Waals surface area contributed by atoms with Crippen LogP contribution in [0.1, 0.15) is 26.3 Å². The van der Waals surface area contributed by atoms with E-state index in [0.29, 0.717) is 5.56 Å². The lowest BCUT2D eigenvalue weighted by Crippen LogP contribution is -2.45. The molecule has 0 aliphatic heterocycles. The molecule has 0 aromatic heterocycles. The second-order valence-electron chi connectivity index (χ2n) is 5.14. The number of aromatic carboxylic acids is 1. The van der Waals surface area contributed by atoms with Crippen LogP contribution < -0.4 is 11.1 Å². The quantitative estimate of drug-likeness (QED) is 0.742. The van der Waals surface area contributed by atoms with E-state index in [1.807, 2.05) is 0 Å². The van der Waals surface area contributed by atoms with Crippen molar-refractivity contribution in [1.29, 1.82) is 0 Å². The van der Waals surface area contributed by atoms with Gasteiger partial charge in [0.15, 0.2) is 0 Å². The lowest BCUT2D eigenvalue weighted by atomic mass is 10.0. The number of carboxylic acid groups (broad SMARTS) is 1. The number of benzene rings is 2. The van der Waals surface area contributed by atoms with Gasteiger partial charge in [0.25, 0.3) is 5.91 Å². The van der Waals surface area contributed by atoms with Crippen molar-refractivity contribution >= 4 is 17.8 Å². The fraction of sp³-hybridized carbons (Fsp3) is 0.118. The first-order chi connectivity index (χ1) is 11.4. The minimum absolute atomic E-state index is 0.0717. The van der Waals surface area contributed by atoms with Crippen LogP contribution in [0.3, 0.4) is 0 Å². The SMILES string of the molecule is NC(=O)[C@H](Cc1ccc(C(=O)O)cc1)NC(=O)c1cccc(F)c1. The standard InChI is InChI=1S/C17H15FN2O4/c18-13-3-1-2-12(9-13)16(22)20-14(15(19)21)8-10-4-6-11(7-5-10)17(23)24/h1-7,9,14H,8H2,(H2,19,21)(H,20,22)(H,23,24)/t14-/m0/s1. The first-order valence-electron chi connectivity index (χ1n) is 7.05. The zero-order chi connectivity index (χ0) is 17.7. The van der Waals surface area contributed by atoms with Crippen molar-refractivity contribution < 1.29 is 23.9 Å². The van der Waals surface area contributed by atoms with Crippen molar-refractivity contribution in [1.82, 2.24) is 5.32 Å². The fourth-order valence-electron chi connectivity index (χ4n) is 2.11. The number of nitrogens with two attached hydrogens (primary N) is 1. The van der Waals surface area contributed by atoms with Gasteiger partial charge in [-0.1, -0.05) is 18.2 Å². The summed E-state index contributed by atoms with van der Waals surface area (Å²) in [4.78, 5) is 34.4. The summed E-state index contributed by atoms with van der Waals surface area (Å²) >= 11 is 0. The van der Waals surface area contributed by atoms with Crippen molar-refractivity contribution in [2.75, 3.05) is 0 Å². The van der Waals surface area contributed by atoms with Crippen LogP contribution in [0.5, 0.6) is 0 Å². The number of amides is 2.